The topological polar surface area (TPSA) is 91.3 Å². The molecule has 6 rings (SSSR count). The van der Waals surface area contributed by atoms with E-state index in [0.29, 0.717) is 24.1 Å². The van der Waals surface area contributed by atoms with E-state index in [2.05, 4.69) is 36.8 Å². The minimum Gasteiger partial charge on any atom is -0.349 e. The molecule has 1 radical (unpaired) electrons. The normalized spacial score (nSPS) is 20.6. The number of amides is 1. The molecule has 2 aromatic rings. The molecule has 2 fully saturated rings. The molecule has 2 saturated carbocycles. The first kappa shape index (κ1) is 17.5. The first-order chi connectivity index (χ1) is 14.7. The lowest BCUT2D eigenvalue weighted by molar-refractivity contribution is 0.0951. The highest BCUT2D eigenvalue weighted by atomic mass is 16.1. The van der Waals surface area contributed by atoms with Crippen molar-refractivity contribution >= 4 is 23.2 Å². The second kappa shape index (κ2) is 6.84. The van der Waals surface area contributed by atoms with Gasteiger partial charge in [-0.2, -0.15) is 10.1 Å². The van der Waals surface area contributed by atoms with Gasteiger partial charge in [0.1, 0.15) is 6.54 Å². The van der Waals surface area contributed by atoms with E-state index < -0.39 is 0 Å². The van der Waals surface area contributed by atoms with E-state index in [9.17, 15) is 4.79 Å². The van der Waals surface area contributed by atoms with Crippen LogP contribution in [0.25, 0.3) is 0 Å². The number of carbonyl (C=O) groups excluding carboxylic acids is 1. The maximum atomic E-state index is 12.5. The van der Waals surface area contributed by atoms with Gasteiger partial charge in [0, 0.05) is 35.0 Å². The molecule has 8 heteroatoms. The Morgan fingerprint density at radius 2 is 2.10 bits per heavy atom. The van der Waals surface area contributed by atoms with Gasteiger partial charge in [0.15, 0.2) is 12.0 Å². The molecule has 0 unspecified atom stereocenters. The third-order valence-electron chi connectivity index (χ3n) is 5.79. The van der Waals surface area contributed by atoms with Crippen LogP contribution >= 0.6 is 0 Å². The number of hydrogen-bond acceptors (Lipinski definition) is 6. The van der Waals surface area contributed by atoms with Gasteiger partial charge in [0.25, 0.3) is 17.6 Å². The lowest BCUT2D eigenvalue weighted by Gasteiger charge is -2.25. The van der Waals surface area contributed by atoms with Crippen LogP contribution < -0.4 is 20.4 Å². The number of carbonyl (C=O) groups is 1. The fraction of sp³-hybridized carbons (Fsp3) is 0.318. The van der Waals surface area contributed by atoms with E-state index in [1.54, 1.807) is 6.20 Å². The van der Waals surface area contributed by atoms with Gasteiger partial charge in [0.05, 0.1) is 12.4 Å². The minimum absolute atomic E-state index is 0.00989. The third-order valence-corrected chi connectivity index (χ3v) is 5.79. The van der Waals surface area contributed by atoms with Crippen LogP contribution in [0, 0.1) is 0 Å². The molecule has 1 amide bonds. The molecule has 2 aliphatic heterocycles. The van der Waals surface area contributed by atoms with Crippen molar-refractivity contribution in [1.29, 1.82) is 0 Å². The highest BCUT2D eigenvalue weighted by Crippen LogP contribution is 2.39. The highest BCUT2D eigenvalue weighted by molar-refractivity contribution is 5.98. The van der Waals surface area contributed by atoms with E-state index >= 15 is 0 Å². The summed E-state index contributed by atoms with van der Waals surface area (Å²) < 4.78 is 0. The number of aliphatic imine (C=N–C) groups is 1. The van der Waals surface area contributed by atoms with E-state index in [1.807, 2.05) is 41.6 Å². The van der Waals surface area contributed by atoms with Gasteiger partial charge in [-0.3, -0.25) is 15.2 Å². The maximum Gasteiger partial charge on any atom is 0.284 e. The summed E-state index contributed by atoms with van der Waals surface area (Å²) in [6.07, 6.45) is 10.4. The Morgan fingerprint density at radius 3 is 2.93 bits per heavy atom. The summed E-state index contributed by atoms with van der Waals surface area (Å²) in [4.78, 5) is 21.1. The molecule has 2 aliphatic carbocycles. The van der Waals surface area contributed by atoms with Gasteiger partial charge in [-0.15, -0.1) is 0 Å². The van der Waals surface area contributed by atoms with Crippen LogP contribution in [-0.4, -0.2) is 34.5 Å². The van der Waals surface area contributed by atoms with Crippen LogP contribution in [0.15, 0.2) is 59.7 Å². The number of nitrogens with zero attached hydrogens (tertiary/aromatic N) is 4. The number of anilines is 2. The van der Waals surface area contributed by atoms with Crippen LogP contribution in [0.4, 0.5) is 11.5 Å². The Labute approximate surface area is 174 Å². The van der Waals surface area contributed by atoms with E-state index in [1.165, 1.54) is 18.5 Å². The van der Waals surface area contributed by atoms with Crippen molar-refractivity contribution in [2.24, 2.45) is 4.99 Å². The Balaban J connectivity index is 1.27. The number of benzene rings is 1. The number of rotatable bonds is 6. The fourth-order valence-corrected chi connectivity index (χ4v) is 3.79. The van der Waals surface area contributed by atoms with Crippen LogP contribution in [0.3, 0.4) is 0 Å². The number of aromatic nitrogens is 2. The Hall–Kier alpha value is -3.39. The fourth-order valence-electron chi connectivity index (χ4n) is 3.79. The van der Waals surface area contributed by atoms with Gasteiger partial charge in [-0.1, -0.05) is 6.07 Å². The first-order valence-electron chi connectivity index (χ1n) is 10.5. The second-order valence-electron chi connectivity index (χ2n) is 8.26. The molecule has 0 spiro atoms. The Morgan fingerprint density at radius 1 is 1.20 bits per heavy atom. The largest absolute Gasteiger partial charge is 0.349 e. The predicted molar refractivity (Wildman–Crippen MR) is 115 cm³/mol. The molecule has 3 N–H and O–H groups in total. The molecule has 1 aromatic heterocycles. The summed E-state index contributed by atoms with van der Waals surface area (Å²) >= 11 is 0. The zero-order valence-corrected chi connectivity index (χ0v) is 16.5. The van der Waals surface area contributed by atoms with Crippen molar-refractivity contribution in [1.82, 2.24) is 20.4 Å². The summed E-state index contributed by atoms with van der Waals surface area (Å²) in [5, 5.41) is 14.0. The second-order valence-corrected chi connectivity index (χ2v) is 8.26. The van der Waals surface area contributed by atoms with Crippen molar-refractivity contribution in [3.05, 3.63) is 66.0 Å². The third kappa shape index (κ3) is 3.39. The van der Waals surface area contributed by atoms with Crippen molar-refractivity contribution in [2.45, 2.75) is 37.6 Å². The number of hydrogen-bond donors (Lipinski definition) is 3. The van der Waals surface area contributed by atoms with Gasteiger partial charge in [-0.25, -0.2) is 0 Å². The number of nitrogens with one attached hydrogen (secondary N) is 3. The molecule has 30 heavy (non-hydrogen) atoms. The Kier molecular flexibility index (Phi) is 3.98. The van der Waals surface area contributed by atoms with Crippen LogP contribution in [-0.2, 0) is 0 Å². The standard InChI is InChI=1S/C22H23N7O/c30-22(24-16-6-7-16)15-2-1-3-17(10-15)28-12-20-23-8-9-29(20)21(13-28)25-19-11-18(26-27-19)14-4-5-14/h1-3,8-11,13-14,16H,4-7,12H2,(H,24,30)(H2,25,26,27)/q+1. The van der Waals surface area contributed by atoms with Gasteiger partial charge < -0.3 is 10.2 Å². The summed E-state index contributed by atoms with van der Waals surface area (Å²) in [5.41, 5.74) is 2.82. The van der Waals surface area contributed by atoms with Crippen molar-refractivity contribution in [3.63, 3.8) is 0 Å². The van der Waals surface area contributed by atoms with Crippen molar-refractivity contribution in [3.8, 4) is 0 Å². The van der Waals surface area contributed by atoms with E-state index in [-0.39, 0.29) is 5.91 Å². The summed E-state index contributed by atoms with van der Waals surface area (Å²) in [6, 6.07) is 10.2. The summed E-state index contributed by atoms with van der Waals surface area (Å²) in [7, 11) is 0. The zero-order chi connectivity index (χ0) is 20.1. The van der Waals surface area contributed by atoms with Gasteiger partial charge >= 0.3 is 0 Å². The number of H-pyrrole nitrogens is 1. The van der Waals surface area contributed by atoms with Crippen LogP contribution in [0.1, 0.15) is 47.7 Å². The zero-order valence-electron chi connectivity index (χ0n) is 16.5. The number of fused-ring (bicyclic) bond motifs is 1. The molecule has 4 aliphatic rings. The Bertz CT molecular complexity index is 1090. The molecular weight excluding hydrogens is 378 g/mol. The maximum absolute atomic E-state index is 12.5. The minimum atomic E-state index is -0.00989. The molecule has 151 valence electrons. The van der Waals surface area contributed by atoms with E-state index in [0.717, 1.165) is 36.0 Å². The molecule has 8 nitrogen and oxygen atoms in total. The van der Waals surface area contributed by atoms with Crippen molar-refractivity contribution < 1.29 is 4.79 Å². The van der Waals surface area contributed by atoms with Gasteiger partial charge in [0.2, 0.25) is 0 Å². The quantitative estimate of drug-likeness (QED) is 0.649. The molecule has 0 atom stereocenters. The summed E-state index contributed by atoms with van der Waals surface area (Å²) in [5.74, 6) is 3.20. The molecular formula is C22H23N7O+. The molecule has 0 saturated heterocycles. The molecule has 3 heterocycles. The average Bonchev–Trinajstić information content (AvgIpc) is 3.68. The van der Waals surface area contributed by atoms with Crippen LogP contribution in [0.5, 0.6) is 0 Å². The van der Waals surface area contributed by atoms with E-state index in [4.69, 9.17) is 0 Å². The number of amidine groups is 1. The molecule has 0 bridgehead atoms. The SMILES string of the molecule is O=C(NC1CC1)c1cccc(N2C=C(Nc3cc(C4CC4)[nH]n3)[N+]3C=CN=C3C2)c1. The van der Waals surface area contributed by atoms with Gasteiger partial charge in [-0.05, 0) is 48.8 Å². The summed E-state index contributed by atoms with van der Waals surface area (Å²) in [6.45, 7) is 0.625. The smallest absolute Gasteiger partial charge is 0.284 e. The lowest BCUT2D eigenvalue weighted by atomic mass is 10.1. The molecule has 1 aromatic carbocycles. The first-order valence-corrected chi connectivity index (χ1v) is 10.5. The van der Waals surface area contributed by atoms with Crippen LogP contribution in [0.2, 0.25) is 0 Å². The lowest BCUT2D eigenvalue weighted by Crippen LogP contribution is -2.45. The predicted octanol–water partition coefficient (Wildman–Crippen LogP) is 2.93. The van der Waals surface area contributed by atoms with Crippen molar-refractivity contribution in [2.75, 3.05) is 16.8 Å². The monoisotopic (exact) mass is 401 g/mol. The number of aromatic amines is 1. The average molecular weight is 401 g/mol. The highest BCUT2D eigenvalue weighted by Gasteiger charge is 2.38.